The zero-order valence-corrected chi connectivity index (χ0v) is 22.6. The van der Waals surface area contributed by atoms with E-state index >= 15 is 0 Å². The third-order valence-corrected chi connectivity index (χ3v) is 8.95. The van der Waals surface area contributed by atoms with Crippen LogP contribution in [0, 0.1) is 23.2 Å². The Morgan fingerprint density at radius 1 is 0.833 bits per heavy atom. The van der Waals surface area contributed by atoms with Gasteiger partial charge in [0.2, 0.25) is 0 Å². The Morgan fingerprint density at radius 3 is 2.03 bits per heavy atom. The molecule has 0 aliphatic heterocycles. The van der Waals surface area contributed by atoms with E-state index < -0.39 is 17.0 Å². The van der Waals surface area contributed by atoms with Crippen molar-refractivity contribution in [2.45, 2.75) is 115 Å². The van der Waals surface area contributed by atoms with Gasteiger partial charge in [0.15, 0.2) is 0 Å². The monoisotopic (exact) mass is 512 g/mol. The fourth-order valence-corrected chi connectivity index (χ4v) is 7.58. The average Bonchev–Trinajstić information content (AvgIpc) is 2.82. The summed E-state index contributed by atoms with van der Waals surface area (Å²) in [6, 6.07) is 0. The Labute approximate surface area is 218 Å². The lowest BCUT2D eigenvalue weighted by Gasteiger charge is -2.62. The maximum absolute atomic E-state index is 12.1. The summed E-state index contributed by atoms with van der Waals surface area (Å²) in [5.41, 5.74) is -1.62. The van der Waals surface area contributed by atoms with E-state index in [0.717, 1.165) is 13.0 Å². The summed E-state index contributed by atoms with van der Waals surface area (Å²) in [5, 5.41) is 30.0. The Kier molecular flexibility index (Phi) is 12.4. The molecule has 0 saturated heterocycles. The molecule has 7 nitrogen and oxygen atoms in total. The van der Waals surface area contributed by atoms with Gasteiger partial charge in [0, 0.05) is 6.61 Å². The number of carboxylic acids is 1. The van der Waals surface area contributed by atoms with Crippen molar-refractivity contribution in [3.05, 3.63) is 0 Å². The Balaban J connectivity index is 1.42. The fourth-order valence-electron chi connectivity index (χ4n) is 7.58. The van der Waals surface area contributed by atoms with Gasteiger partial charge in [-0.1, -0.05) is 64.7 Å². The molecule has 7 heteroatoms. The summed E-state index contributed by atoms with van der Waals surface area (Å²) < 4.78 is 17.8. The van der Waals surface area contributed by atoms with Gasteiger partial charge in [-0.05, 0) is 56.3 Å². The van der Waals surface area contributed by atoms with Crippen LogP contribution in [0.3, 0.4) is 0 Å². The van der Waals surface area contributed by atoms with Crippen LogP contribution >= 0.6 is 0 Å². The maximum atomic E-state index is 12.1. The molecular formula is C29H52O7. The summed E-state index contributed by atoms with van der Waals surface area (Å²) >= 11 is 0. The molecule has 4 aliphatic rings. The molecule has 36 heavy (non-hydrogen) atoms. The van der Waals surface area contributed by atoms with Crippen LogP contribution in [0.15, 0.2) is 0 Å². The predicted octanol–water partition coefficient (Wildman–Crippen LogP) is 4.96. The highest BCUT2D eigenvalue weighted by Crippen LogP contribution is 2.64. The highest BCUT2D eigenvalue weighted by atomic mass is 16.6. The quantitative estimate of drug-likeness (QED) is 0.187. The van der Waals surface area contributed by atoms with Gasteiger partial charge < -0.3 is 29.5 Å². The molecule has 4 saturated carbocycles. The van der Waals surface area contributed by atoms with Crippen LogP contribution in [0.5, 0.6) is 0 Å². The molecule has 0 aromatic rings. The van der Waals surface area contributed by atoms with Gasteiger partial charge in [-0.15, -0.1) is 0 Å². The number of carbonyl (C=O) groups is 1. The van der Waals surface area contributed by atoms with Gasteiger partial charge in [-0.25, -0.2) is 0 Å². The number of ether oxygens (including phenoxy) is 3. The predicted molar refractivity (Wildman–Crippen MR) is 139 cm³/mol. The molecule has 3 atom stereocenters. The topological polar surface area (TPSA) is 105 Å². The smallest absolute Gasteiger partial charge is 0.309 e. The summed E-state index contributed by atoms with van der Waals surface area (Å²) in [7, 11) is 0. The molecular weight excluding hydrogens is 460 g/mol. The van der Waals surface area contributed by atoms with Crippen LogP contribution in [-0.2, 0) is 19.0 Å². The fraction of sp³-hybridized carbons (Fsp3) is 0.966. The standard InChI is InChI=1S/C29H52O7/c1-2-3-4-5-6-7-8-9-10-11-13-35-21-25(36-16-15-34-14-12-30)26-23-17-28(27(31)32)18-24(26)20-29(33,19-23)22-28/h23-26,30,33H,2-22H2,1H3,(H,31,32)/t23?,24?,25?,26-,28+,29?. The van der Waals surface area contributed by atoms with Crippen LogP contribution in [0.1, 0.15) is 103 Å². The molecule has 0 spiro atoms. The molecule has 4 aliphatic carbocycles. The lowest BCUT2D eigenvalue weighted by atomic mass is 9.44. The first kappa shape index (κ1) is 29.8. The Morgan fingerprint density at radius 2 is 1.44 bits per heavy atom. The van der Waals surface area contributed by atoms with Crippen molar-refractivity contribution >= 4 is 5.97 Å². The van der Waals surface area contributed by atoms with Crippen molar-refractivity contribution in [2.75, 3.05) is 39.6 Å². The minimum absolute atomic E-state index is 0.00593. The Bertz CT molecular complexity index is 623. The van der Waals surface area contributed by atoms with E-state index in [-0.39, 0.29) is 30.5 Å². The molecule has 0 amide bonds. The highest BCUT2D eigenvalue weighted by molar-refractivity contribution is 5.75. The van der Waals surface area contributed by atoms with E-state index in [1.54, 1.807) is 0 Å². The number of aliphatic hydroxyl groups is 2. The third-order valence-electron chi connectivity index (χ3n) is 8.95. The summed E-state index contributed by atoms with van der Waals surface area (Å²) in [6.45, 7) is 4.62. The lowest BCUT2D eigenvalue weighted by molar-refractivity contribution is -0.224. The molecule has 4 rings (SSSR count). The SMILES string of the molecule is CCCCCCCCCCCCOCC(OCCOCCO)[C@H]1C2CC3(O)CC1C[C@](C(=O)O)(C2)C3. The van der Waals surface area contributed by atoms with Crippen LogP contribution in [0.4, 0.5) is 0 Å². The zero-order valence-electron chi connectivity index (χ0n) is 22.6. The van der Waals surface area contributed by atoms with Crippen molar-refractivity contribution in [3.63, 3.8) is 0 Å². The second-order valence-electron chi connectivity index (χ2n) is 11.9. The third kappa shape index (κ3) is 8.39. The first-order valence-corrected chi connectivity index (χ1v) is 14.8. The van der Waals surface area contributed by atoms with Crippen LogP contribution in [0.2, 0.25) is 0 Å². The van der Waals surface area contributed by atoms with Crippen LogP contribution < -0.4 is 0 Å². The number of rotatable bonds is 21. The van der Waals surface area contributed by atoms with Gasteiger partial charge in [0.1, 0.15) is 0 Å². The van der Waals surface area contributed by atoms with Gasteiger partial charge in [-0.2, -0.15) is 0 Å². The van der Waals surface area contributed by atoms with Crippen molar-refractivity contribution in [1.29, 1.82) is 0 Å². The molecule has 0 aromatic carbocycles. The van der Waals surface area contributed by atoms with E-state index in [4.69, 9.17) is 19.3 Å². The molecule has 0 aromatic heterocycles. The van der Waals surface area contributed by atoms with Gasteiger partial charge >= 0.3 is 5.97 Å². The molecule has 4 bridgehead atoms. The number of hydrogen-bond donors (Lipinski definition) is 3. The second-order valence-corrected chi connectivity index (χ2v) is 11.9. The van der Waals surface area contributed by atoms with Crippen LogP contribution in [0.25, 0.3) is 0 Å². The summed E-state index contributed by atoms with van der Waals surface area (Å²) in [6.07, 6.45) is 15.8. The first-order chi connectivity index (χ1) is 17.4. The van der Waals surface area contributed by atoms with Crippen LogP contribution in [-0.4, -0.2) is 72.6 Å². The minimum Gasteiger partial charge on any atom is -0.481 e. The molecule has 0 radical (unpaired) electrons. The number of hydrogen-bond acceptors (Lipinski definition) is 6. The number of unbranched alkanes of at least 4 members (excludes halogenated alkanes) is 9. The highest BCUT2D eigenvalue weighted by Gasteiger charge is 2.64. The van der Waals surface area contributed by atoms with Crippen molar-refractivity contribution in [3.8, 4) is 0 Å². The van der Waals surface area contributed by atoms with E-state index in [1.165, 1.54) is 57.8 Å². The van der Waals surface area contributed by atoms with Gasteiger partial charge in [0.25, 0.3) is 0 Å². The summed E-state index contributed by atoms with van der Waals surface area (Å²) in [4.78, 5) is 12.1. The van der Waals surface area contributed by atoms with E-state index in [9.17, 15) is 15.0 Å². The largest absolute Gasteiger partial charge is 0.481 e. The van der Waals surface area contributed by atoms with Gasteiger partial charge in [-0.3, -0.25) is 4.79 Å². The normalized spacial score (nSPS) is 31.7. The van der Waals surface area contributed by atoms with Gasteiger partial charge in [0.05, 0.1) is 50.2 Å². The Hall–Kier alpha value is -0.730. The van der Waals surface area contributed by atoms with Crippen molar-refractivity contribution < 1.29 is 34.3 Å². The van der Waals surface area contributed by atoms with Crippen molar-refractivity contribution in [1.82, 2.24) is 0 Å². The molecule has 4 fully saturated rings. The second kappa shape index (κ2) is 15.0. The van der Waals surface area contributed by atoms with E-state index in [2.05, 4.69) is 6.92 Å². The summed E-state index contributed by atoms with van der Waals surface area (Å²) in [5.74, 6) is -0.238. The van der Waals surface area contributed by atoms with E-state index in [1.807, 2.05) is 0 Å². The minimum atomic E-state index is -0.841. The molecule has 0 heterocycles. The molecule has 210 valence electrons. The number of carboxylic acid groups (broad SMARTS) is 1. The van der Waals surface area contributed by atoms with E-state index in [0.29, 0.717) is 58.5 Å². The molecule has 3 unspecified atom stereocenters. The van der Waals surface area contributed by atoms with Crippen molar-refractivity contribution in [2.24, 2.45) is 23.2 Å². The molecule has 3 N–H and O–H groups in total. The maximum Gasteiger partial charge on any atom is 0.309 e. The average molecular weight is 513 g/mol. The lowest BCUT2D eigenvalue weighted by Crippen LogP contribution is -2.63. The first-order valence-electron chi connectivity index (χ1n) is 14.8. The zero-order chi connectivity index (χ0) is 25.9. The number of aliphatic hydroxyl groups excluding tert-OH is 1. The number of aliphatic carboxylic acids is 1.